The van der Waals surface area contributed by atoms with Gasteiger partial charge in [-0.25, -0.2) is 4.99 Å². The first-order valence-electron chi connectivity index (χ1n) is 8.27. The first-order valence-corrected chi connectivity index (χ1v) is 8.27. The number of carbonyl (C=O) groups is 1. The maximum absolute atomic E-state index is 12.7. The van der Waals surface area contributed by atoms with Crippen molar-refractivity contribution in [2.24, 2.45) is 16.1 Å². The van der Waals surface area contributed by atoms with Gasteiger partial charge < -0.3 is 5.73 Å². The molecule has 2 aromatic rings. The van der Waals surface area contributed by atoms with Crippen LogP contribution in [0.4, 0.5) is 0 Å². The quantitative estimate of drug-likeness (QED) is 0.919. The van der Waals surface area contributed by atoms with Gasteiger partial charge in [0.25, 0.3) is 0 Å². The van der Waals surface area contributed by atoms with Crippen LogP contribution in [0.2, 0.25) is 0 Å². The molecule has 0 bridgehead atoms. The van der Waals surface area contributed by atoms with E-state index < -0.39 is 5.41 Å². The van der Waals surface area contributed by atoms with Crippen LogP contribution in [0, 0.1) is 16.7 Å². The summed E-state index contributed by atoms with van der Waals surface area (Å²) in [5.74, 6) is 0.325. The molecule has 5 nitrogen and oxygen atoms in total. The lowest BCUT2D eigenvalue weighted by molar-refractivity contribution is -0.133. The molecule has 0 aromatic heterocycles. The SMILES string of the molecule is CN1C(=O)C2(CC2)[C@@H](c2cccc(-c3cccc(C#N)c3)c2)N=C1N. The molecule has 1 amide bonds. The second-order valence-corrected chi connectivity index (χ2v) is 6.73. The summed E-state index contributed by atoms with van der Waals surface area (Å²) in [6, 6.07) is 17.4. The highest BCUT2D eigenvalue weighted by Crippen LogP contribution is 2.59. The zero-order chi connectivity index (χ0) is 17.6. The molecule has 1 aliphatic heterocycles. The van der Waals surface area contributed by atoms with E-state index in [1.165, 1.54) is 4.90 Å². The fraction of sp³-hybridized carbons (Fsp3) is 0.250. The van der Waals surface area contributed by atoms with E-state index in [-0.39, 0.29) is 17.9 Å². The zero-order valence-corrected chi connectivity index (χ0v) is 13.9. The highest BCUT2D eigenvalue weighted by atomic mass is 16.2. The molecule has 1 fully saturated rings. The van der Waals surface area contributed by atoms with Gasteiger partial charge in [0, 0.05) is 7.05 Å². The van der Waals surface area contributed by atoms with Gasteiger partial charge in [0.05, 0.1) is 23.1 Å². The van der Waals surface area contributed by atoms with Crippen molar-refractivity contribution in [3.05, 3.63) is 59.7 Å². The Morgan fingerprint density at radius 1 is 1.20 bits per heavy atom. The van der Waals surface area contributed by atoms with Crippen molar-refractivity contribution < 1.29 is 4.79 Å². The number of hydrogen-bond donors (Lipinski definition) is 1. The second-order valence-electron chi connectivity index (χ2n) is 6.73. The van der Waals surface area contributed by atoms with Crippen molar-refractivity contribution in [1.29, 1.82) is 5.26 Å². The molecule has 5 heteroatoms. The Bertz CT molecular complexity index is 937. The molecule has 2 aromatic carbocycles. The van der Waals surface area contributed by atoms with Crippen LogP contribution in [0.5, 0.6) is 0 Å². The molecule has 1 aliphatic carbocycles. The van der Waals surface area contributed by atoms with Crippen molar-refractivity contribution in [2.75, 3.05) is 7.05 Å². The molecule has 0 saturated heterocycles. The van der Waals surface area contributed by atoms with Crippen molar-refractivity contribution >= 4 is 11.9 Å². The lowest BCUT2D eigenvalue weighted by Crippen LogP contribution is -2.48. The molecule has 2 N–H and O–H groups in total. The number of aliphatic imine (C=N–C) groups is 1. The molecular formula is C20H18N4O. The highest BCUT2D eigenvalue weighted by Gasteiger charge is 2.59. The van der Waals surface area contributed by atoms with Gasteiger partial charge in [-0.05, 0) is 47.7 Å². The molecule has 1 spiro atoms. The molecule has 124 valence electrons. The minimum Gasteiger partial charge on any atom is -0.369 e. The van der Waals surface area contributed by atoms with Crippen LogP contribution in [0.15, 0.2) is 53.5 Å². The smallest absolute Gasteiger partial charge is 0.237 e. The highest BCUT2D eigenvalue weighted by molar-refractivity contribution is 6.02. The van der Waals surface area contributed by atoms with Crippen LogP contribution in [-0.4, -0.2) is 23.8 Å². The molecule has 2 aliphatic rings. The van der Waals surface area contributed by atoms with Crippen LogP contribution in [-0.2, 0) is 4.79 Å². The van der Waals surface area contributed by atoms with Crippen LogP contribution in [0.25, 0.3) is 11.1 Å². The van der Waals surface area contributed by atoms with Gasteiger partial charge in [0.15, 0.2) is 5.96 Å². The normalized spacial score (nSPS) is 21.0. The third-order valence-electron chi connectivity index (χ3n) is 5.18. The van der Waals surface area contributed by atoms with E-state index in [4.69, 9.17) is 11.0 Å². The van der Waals surface area contributed by atoms with Crippen molar-refractivity contribution in [1.82, 2.24) is 4.90 Å². The molecule has 0 unspecified atom stereocenters. The molecule has 0 radical (unpaired) electrons. The van der Waals surface area contributed by atoms with Crippen LogP contribution in [0.1, 0.15) is 30.0 Å². The van der Waals surface area contributed by atoms with Gasteiger partial charge in [-0.2, -0.15) is 5.26 Å². The first-order chi connectivity index (χ1) is 12.0. The second kappa shape index (κ2) is 5.45. The third kappa shape index (κ3) is 2.38. The lowest BCUT2D eigenvalue weighted by Gasteiger charge is -2.33. The first kappa shape index (κ1) is 15.4. The number of amides is 1. The van der Waals surface area contributed by atoms with E-state index in [0.717, 1.165) is 29.5 Å². The number of nitrogens with two attached hydrogens (primary N) is 1. The zero-order valence-electron chi connectivity index (χ0n) is 13.9. The summed E-state index contributed by atoms with van der Waals surface area (Å²) in [6.45, 7) is 0. The fourth-order valence-electron chi connectivity index (χ4n) is 3.57. The van der Waals surface area contributed by atoms with Crippen molar-refractivity contribution in [3.63, 3.8) is 0 Å². The fourth-order valence-corrected chi connectivity index (χ4v) is 3.57. The summed E-state index contributed by atoms with van der Waals surface area (Å²) >= 11 is 0. The van der Waals surface area contributed by atoms with Gasteiger partial charge >= 0.3 is 0 Å². The van der Waals surface area contributed by atoms with Gasteiger partial charge in [0.1, 0.15) is 0 Å². The van der Waals surface area contributed by atoms with Gasteiger partial charge in [-0.3, -0.25) is 9.69 Å². The Hall–Kier alpha value is -3.13. The predicted octanol–water partition coefficient (Wildman–Crippen LogP) is 2.83. The van der Waals surface area contributed by atoms with E-state index in [1.807, 2.05) is 36.4 Å². The van der Waals surface area contributed by atoms with Crippen LogP contribution >= 0.6 is 0 Å². The number of hydrogen-bond acceptors (Lipinski definition) is 4. The number of guanidine groups is 1. The predicted molar refractivity (Wildman–Crippen MR) is 95.4 cm³/mol. The Morgan fingerprint density at radius 2 is 1.88 bits per heavy atom. The van der Waals surface area contributed by atoms with Crippen LogP contribution in [0.3, 0.4) is 0 Å². The number of benzene rings is 2. The Morgan fingerprint density at radius 3 is 2.56 bits per heavy atom. The third-order valence-corrected chi connectivity index (χ3v) is 5.18. The van der Waals surface area contributed by atoms with Crippen LogP contribution < -0.4 is 5.73 Å². The minimum atomic E-state index is -0.440. The Labute approximate surface area is 146 Å². The summed E-state index contributed by atoms with van der Waals surface area (Å²) in [5.41, 5.74) is 9.10. The van der Waals surface area contributed by atoms with E-state index in [0.29, 0.717) is 5.56 Å². The number of carbonyl (C=O) groups excluding carboxylic acids is 1. The largest absolute Gasteiger partial charge is 0.369 e. The van der Waals surface area contributed by atoms with E-state index in [9.17, 15) is 4.79 Å². The lowest BCUT2D eigenvalue weighted by atomic mass is 9.86. The number of nitrogens with zero attached hydrogens (tertiary/aromatic N) is 3. The van der Waals surface area contributed by atoms with E-state index in [2.05, 4.69) is 17.1 Å². The van der Waals surface area contributed by atoms with Crippen molar-refractivity contribution in [2.45, 2.75) is 18.9 Å². The number of rotatable bonds is 2. The molecule has 25 heavy (non-hydrogen) atoms. The van der Waals surface area contributed by atoms with Crippen molar-refractivity contribution in [3.8, 4) is 17.2 Å². The van der Waals surface area contributed by atoms with Gasteiger partial charge in [-0.1, -0.05) is 30.3 Å². The summed E-state index contributed by atoms with van der Waals surface area (Å²) in [5, 5.41) is 9.10. The molecule has 1 saturated carbocycles. The molecule has 1 heterocycles. The molecular weight excluding hydrogens is 312 g/mol. The Balaban J connectivity index is 1.77. The minimum absolute atomic E-state index is 0.0573. The average Bonchev–Trinajstić information content (AvgIpc) is 3.45. The van der Waals surface area contributed by atoms with E-state index >= 15 is 0 Å². The summed E-state index contributed by atoms with van der Waals surface area (Å²) in [6.07, 6.45) is 1.68. The molecule has 1 atom stereocenters. The molecule has 4 rings (SSSR count). The van der Waals surface area contributed by atoms with E-state index in [1.54, 1.807) is 13.1 Å². The van der Waals surface area contributed by atoms with Gasteiger partial charge in [-0.15, -0.1) is 0 Å². The maximum atomic E-state index is 12.7. The average molecular weight is 330 g/mol. The standard InChI is InChI=1S/C20H18N4O/c1-24-18(25)20(8-9-20)17(23-19(24)22)16-7-3-6-15(11-16)14-5-2-4-13(10-14)12-21/h2-7,10-11,17H,8-9H2,1H3,(H2,22,23)/t17-/m1/s1. The summed E-state index contributed by atoms with van der Waals surface area (Å²) in [7, 11) is 1.68. The Kier molecular flexibility index (Phi) is 3.36. The summed E-state index contributed by atoms with van der Waals surface area (Å²) in [4.78, 5) is 18.7. The van der Waals surface area contributed by atoms with Gasteiger partial charge in [0.2, 0.25) is 5.91 Å². The maximum Gasteiger partial charge on any atom is 0.237 e. The monoisotopic (exact) mass is 330 g/mol. The summed E-state index contributed by atoms with van der Waals surface area (Å²) < 4.78 is 0. The topological polar surface area (TPSA) is 82.5 Å². The number of nitriles is 1.